The molecule has 1 aliphatic rings. The van der Waals surface area contributed by atoms with Gasteiger partial charge in [-0.15, -0.1) is 0 Å². The number of benzene rings is 1. The van der Waals surface area contributed by atoms with Crippen LogP contribution >= 0.6 is 11.3 Å². The highest BCUT2D eigenvalue weighted by atomic mass is 32.1. The Balaban J connectivity index is 1.75. The van der Waals surface area contributed by atoms with E-state index in [0.717, 1.165) is 28.6 Å². The van der Waals surface area contributed by atoms with Crippen molar-refractivity contribution in [3.8, 4) is 0 Å². The number of hydrogen-bond acceptors (Lipinski definition) is 3. The maximum atomic E-state index is 12.0. The molecule has 0 bridgehead atoms. The Hall–Kier alpha value is -1.62. The number of urea groups is 1. The molecule has 0 atom stereocenters. The number of hydrogen-bond donors (Lipinski definition) is 2. The van der Waals surface area contributed by atoms with Crippen molar-refractivity contribution in [2.24, 2.45) is 0 Å². The minimum atomic E-state index is -0.133. The number of amides is 2. The van der Waals surface area contributed by atoms with Gasteiger partial charge in [-0.2, -0.15) is 0 Å². The number of nitrogens with one attached hydrogen (secondary N) is 2. The number of aryl methyl sites for hydroxylation is 2. The molecule has 1 saturated carbocycles. The number of thiazole rings is 1. The summed E-state index contributed by atoms with van der Waals surface area (Å²) in [7, 11) is 0. The van der Waals surface area contributed by atoms with Crippen LogP contribution in [0.25, 0.3) is 10.2 Å². The average molecular weight is 289 g/mol. The normalized spacial score (nSPS) is 15.7. The summed E-state index contributed by atoms with van der Waals surface area (Å²) in [6.45, 7) is 4.12. The molecule has 0 spiro atoms. The standard InChI is InChI=1S/C15H19N3OS/c1-9-7-8-10(2)13-12(9)17-15(20-13)18-14(19)16-11-5-3-4-6-11/h7-8,11H,3-6H2,1-2H3,(H2,16,17,18,19). The Bertz CT molecular complexity index is 605. The lowest BCUT2D eigenvalue weighted by Crippen LogP contribution is -2.36. The third kappa shape index (κ3) is 2.63. The molecule has 5 heteroatoms. The van der Waals surface area contributed by atoms with Crippen LogP contribution in [0.5, 0.6) is 0 Å². The van der Waals surface area contributed by atoms with Gasteiger partial charge in [-0.3, -0.25) is 5.32 Å². The van der Waals surface area contributed by atoms with Crippen molar-refractivity contribution in [1.29, 1.82) is 0 Å². The minimum Gasteiger partial charge on any atom is -0.335 e. The van der Waals surface area contributed by atoms with Gasteiger partial charge in [0.25, 0.3) is 0 Å². The molecule has 1 aromatic heterocycles. The van der Waals surface area contributed by atoms with Crippen LogP contribution in [-0.4, -0.2) is 17.1 Å². The highest BCUT2D eigenvalue weighted by Gasteiger charge is 2.18. The third-order valence-corrected chi connectivity index (χ3v) is 4.96. The summed E-state index contributed by atoms with van der Waals surface area (Å²) in [6, 6.07) is 4.36. The van der Waals surface area contributed by atoms with Crippen LogP contribution in [0.1, 0.15) is 36.8 Å². The molecule has 1 aromatic carbocycles. The van der Waals surface area contributed by atoms with Crippen LogP contribution in [0, 0.1) is 13.8 Å². The van der Waals surface area contributed by atoms with Crippen molar-refractivity contribution >= 4 is 32.7 Å². The molecule has 0 saturated heterocycles. The molecule has 20 heavy (non-hydrogen) atoms. The average Bonchev–Trinajstić information content (AvgIpc) is 3.03. The number of nitrogens with zero attached hydrogens (tertiary/aromatic N) is 1. The lowest BCUT2D eigenvalue weighted by Gasteiger charge is -2.11. The zero-order valence-corrected chi connectivity index (χ0v) is 12.6. The van der Waals surface area contributed by atoms with Gasteiger partial charge in [0, 0.05) is 6.04 Å². The largest absolute Gasteiger partial charge is 0.335 e. The maximum Gasteiger partial charge on any atom is 0.321 e. The SMILES string of the molecule is Cc1ccc(C)c2sc(NC(=O)NC3CCCC3)nc12. The van der Waals surface area contributed by atoms with E-state index >= 15 is 0 Å². The van der Waals surface area contributed by atoms with E-state index in [1.54, 1.807) is 11.3 Å². The fourth-order valence-electron chi connectivity index (χ4n) is 2.70. The molecule has 2 amide bonds. The molecule has 3 rings (SSSR count). The minimum absolute atomic E-state index is 0.133. The summed E-state index contributed by atoms with van der Waals surface area (Å²) >= 11 is 1.54. The molecule has 0 radical (unpaired) electrons. The number of fused-ring (bicyclic) bond motifs is 1. The van der Waals surface area contributed by atoms with E-state index in [4.69, 9.17) is 0 Å². The molecular formula is C15H19N3OS. The molecule has 2 N–H and O–H groups in total. The smallest absolute Gasteiger partial charge is 0.321 e. The van der Waals surface area contributed by atoms with Crippen molar-refractivity contribution in [1.82, 2.24) is 10.3 Å². The quantitative estimate of drug-likeness (QED) is 0.878. The summed E-state index contributed by atoms with van der Waals surface area (Å²) in [5.74, 6) is 0. The van der Waals surface area contributed by atoms with Gasteiger partial charge in [0.15, 0.2) is 5.13 Å². The maximum absolute atomic E-state index is 12.0. The van der Waals surface area contributed by atoms with Gasteiger partial charge in [-0.05, 0) is 37.8 Å². The van der Waals surface area contributed by atoms with Gasteiger partial charge in [0.1, 0.15) is 0 Å². The predicted octanol–water partition coefficient (Wildman–Crippen LogP) is 3.98. The highest BCUT2D eigenvalue weighted by molar-refractivity contribution is 7.22. The molecule has 0 unspecified atom stereocenters. The summed E-state index contributed by atoms with van der Waals surface area (Å²) in [5.41, 5.74) is 3.34. The second-order valence-corrected chi connectivity index (χ2v) is 6.48. The zero-order valence-electron chi connectivity index (χ0n) is 11.8. The number of carbonyl (C=O) groups is 1. The predicted molar refractivity (Wildman–Crippen MR) is 83.5 cm³/mol. The molecular weight excluding hydrogens is 270 g/mol. The van der Waals surface area contributed by atoms with Gasteiger partial charge in [-0.25, -0.2) is 9.78 Å². The Kier molecular flexibility index (Phi) is 3.61. The van der Waals surface area contributed by atoms with Gasteiger partial charge < -0.3 is 5.32 Å². The lowest BCUT2D eigenvalue weighted by molar-refractivity contribution is 0.248. The second kappa shape index (κ2) is 5.40. The van der Waals surface area contributed by atoms with E-state index in [2.05, 4.69) is 34.7 Å². The highest BCUT2D eigenvalue weighted by Crippen LogP contribution is 2.30. The van der Waals surface area contributed by atoms with E-state index in [1.165, 1.54) is 18.4 Å². The van der Waals surface area contributed by atoms with E-state index in [0.29, 0.717) is 11.2 Å². The van der Waals surface area contributed by atoms with Crippen molar-refractivity contribution < 1.29 is 4.79 Å². The summed E-state index contributed by atoms with van der Waals surface area (Å²) in [5, 5.41) is 6.56. The van der Waals surface area contributed by atoms with Gasteiger partial charge in [0.05, 0.1) is 10.2 Å². The van der Waals surface area contributed by atoms with Crippen molar-refractivity contribution in [3.05, 3.63) is 23.3 Å². The lowest BCUT2D eigenvalue weighted by atomic mass is 10.1. The number of anilines is 1. The Labute approximate surface area is 122 Å². The van der Waals surface area contributed by atoms with Gasteiger partial charge in [0.2, 0.25) is 0 Å². The number of carbonyl (C=O) groups excluding carboxylic acids is 1. The first-order valence-electron chi connectivity index (χ1n) is 7.08. The first-order valence-corrected chi connectivity index (χ1v) is 7.89. The van der Waals surface area contributed by atoms with Crippen molar-refractivity contribution in [2.75, 3.05) is 5.32 Å². The second-order valence-electron chi connectivity index (χ2n) is 5.48. The van der Waals surface area contributed by atoms with Crippen LogP contribution in [0.2, 0.25) is 0 Å². The number of aromatic nitrogens is 1. The first kappa shape index (κ1) is 13.4. The van der Waals surface area contributed by atoms with Crippen LogP contribution in [-0.2, 0) is 0 Å². The third-order valence-electron chi connectivity index (χ3n) is 3.85. The summed E-state index contributed by atoms with van der Waals surface area (Å²) in [6.07, 6.45) is 4.60. The van der Waals surface area contributed by atoms with E-state index in [-0.39, 0.29) is 6.03 Å². The van der Waals surface area contributed by atoms with Gasteiger partial charge in [-0.1, -0.05) is 36.3 Å². The van der Waals surface area contributed by atoms with Crippen molar-refractivity contribution in [3.63, 3.8) is 0 Å². The van der Waals surface area contributed by atoms with Crippen LogP contribution in [0.4, 0.5) is 9.93 Å². The Morgan fingerprint density at radius 2 is 1.95 bits per heavy atom. The van der Waals surface area contributed by atoms with Crippen molar-refractivity contribution in [2.45, 2.75) is 45.6 Å². The Morgan fingerprint density at radius 3 is 2.65 bits per heavy atom. The molecule has 1 aliphatic carbocycles. The van der Waals surface area contributed by atoms with E-state index in [9.17, 15) is 4.79 Å². The monoisotopic (exact) mass is 289 g/mol. The fraction of sp³-hybridized carbons (Fsp3) is 0.467. The topological polar surface area (TPSA) is 54.0 Å². The number of rotatable bonds is 2. The van der Waals surface area contributed by atoms with Crippen LogP contribution < -0.4 is 10.6 Å². The van der Waals surface area contributed by atoms with Crippen LogP contribution in [0.15, 0.2) is 12.1 Å². The summed E-state index contributed by atoms with van der Waals surface area (Å²) in [4.78, 5) is 16.5. The molecule has 4 nitrogen and oxygen atoms in total. The molecule has 1 heterocycles. The van der Waals surface area contributed by atoms with E-state index in [1.807, 2.05) is 6.92 Å². The summed E-state index contributed by atoms with van der Waals surface area (Å²) < 4.78 is 1.15. The molecule has 1 fully saturated rings. The first-order chi connectivity index (χ1) is 9.63. The molecule has 106 valence electrons. The zero-order chi connectivity index (χ0) is 14.1. The van der Waals surface area contributed by atoms with E-state index < -0.39 is 0 Å². The van der Waals surface area contributed by atoms with Crippen LogP contribution in [0.3, 0.4) is 0 Å². The molecule has 0 aliphatic heterocycles. The fourth-order valence-corrected chi connectivity index (χ4v) is 3.71. The van der Waals surface area contributed by atoms with Gasteiger partial charge >= 0.3 is 6.03 Å². The molecule has 2 aromatic rings. The Morgan fingerprint density at radius 1 is 1.25 bits per heavy atom.